The van der Waals surface area contributed by atoms with Crippen molar-refractivity contribution in [1.29, 1.82) is 0 Å². The second-order valence-electron chi connectivity index (χ2n) is 5.13. The average molecular weight is 348 g/mol. The van der Waals surface area contributed by atoms with Crippen LogP contribution in [0.15, 0.2) is 46.9 Å². The minimum absolute atomic E-state index is 0.0743. The average Bonchev–Trinajstić information content (AvgIpc) is 3.18. The van der Waals surface area contributed by atoms with Crippen LogP contribution in [-0.4, -0.2) is 24.6 Å². The van der Waals surface area contributed by atoms with Crippen LogP contribution in [0, 0.1) is 5.92 Å². The summed E-state index contributed by atoms with van der Waals surface area (Å²) in [4.78, 5) is 26.8. The molecule has 2 amide bonds. The number of thiophene rings is 1. The van der Waals surface area contributed by atoms with Gasteiger partial charge in [0.15, 0.2) is 0 Å². The first-order valence-corrected chi connectivity index (χ1v) is 8.31. The molecule has 1 aliphatic heterocycles. The lowest BCUT2D eigenvalue weighted by atomic mass is 10.1. The van der Waals surface area contributed by atoms with Gasteiger partial charge in [0.2, 0.25) is 11.8 Å². The van der Waals surface area contributed by atoms with E-state index in [-0.39, 0.29) is 18.2 Å². The minimum Gasteiger partial charge on any atom is -0.312 e. The van der Waals surface area contributed by atoms with Crippen molar-refractivity contribution in [1.82, 2.24) is 5.43 Å². The Labute approximate surface area is 142 Å². The zero-order valence-electron chi connectivity index (χ0n) is 12.1. The molecule has 1 aliphatic rings. The van der Waals surface area contributed by atoms with Gasteiger partial charge < -0.3 is 4.90 Å². The third kappa shape index (κ3) is 3.78. The van der Waals surface area contributed by atoms with E-state index in [0.717, 1.165) is 10.6 Å². The lowest BCUT2D eigenvalue weighted by Crippen LogP contribution is -2.30. The highest BCUT2D eigenvalue weighted by Gasteiger charge is 2.35. The number of carbonyl (C=O) groups excluding carboxylic acids is 2. The Bertz CT molecular complexity index is 728. The van der Waals surface area contributed by atoms with E-state index in [1.807, 2.05) is 17.5 Å². The number of rotatable bonds is 4. The van der Waals surface area contributed by atoms with E-state index in [9.17, 15) is 9.59 Å². The van der Waals surface area contributed by atoms with E-state index in [0.29, 0.717) is 11.6 Å². The highest BCUT2D eigenvalue weighted by molar-refractivity contribution is 7.11. The molecule has 0 bridgehead atoms. The second kappa shape index (κ2) is 6.93. The molecular weight excluding hydrogens is 334 g/mol. The van der Waals surface area contributed by atoms with Gasteiger partial charge in [-0.3, -0.25) is 9.59 Å². The van der Waals surface area contributed by atoms with E-state index < -0.39 is 5.92 Å². The van der Waals surface area contributed by atoms with E-state index in [1.54, 1.807) is 35.4 Å². The van der Waals surface area contributed by atoms with Gasteiger partial charge in [-0.2, -0.15) is 5.10 Å². The predicted molar refractivity (Wildman–Crippen MR) is 92.0 cm³/mol. The van der Waals surface area contributed by atoms with Crippen LogP contribution in [-0.2, 0) is 9.59 Å². The topological polar surface area (TPSA) is 61.8 Å². The lowest BCUT2D eigenvalue weighted by Gasteiger charge is -2.16. The number of amides is 2. The first kappa shape index (κ1) is 15.7. The molecule has 1 N–H and O–H groups in total. The minimum atomic E-state index is -0.404. The van der Waals surface area contributed by atoms with Gasteiger partial charge in [0.25, 0.3) is 0 Å². The number of benzene rings is 1. The molecule has 0 spiro atoms. The Hall–Kier alpha value is -2.18. The van der Waals surface area contributed by atoms with Crippen LogP contribution in [0.4, 0.5) is 5.69 Å². The Balaban J connectivity index is 1.60. The summed E-state index contributed by atoms with van der Waals surface area (Å²) in [5.74, 6) is -0.726. The van der Waals surface area contributed by atoms with E-state index in [1.165, 1.54) is 11.3 Å². The molecule has 2 heterocycles. The molecule has 5 nitrogen and oxygen atoms in total. The number of nitrogens with zero attached hydrogens (tertiary/aromatic N) is 2. The SMILES string of the molecule is O=C(N/N=C/c1cccs1)[C@H]1CC(=O)N(c2ccc(Cl)cc2)C1. The number of anilines is 1. The summed E-state index contributed by atoms with van der Waals surface area (Å²) >= 11 is 7.38. The fraction of sp³-hybridized carbons (Fsp3) is 0.188. The highest BCUT2D eigenvalue weighted by Crippen LogP contribution is 2.26. The summed E-state index contributed by atoms with van der Waals surface area (Å²) < 4.78 is 0. The van der Waals surface area contributed by atoms with Gasteiger partial charge in [-0.05, 0) is 35.7 Å². The standard InChI is InChI=1S/C16H14ClN3O2S/c17-12-3-5-13(6-4-12)20-10-11(8-15(20)21)16(22)19-18-9-14-2-1-7-23-14/h1-7,9,11H,8,10H2,(H,19,22)/b18-9+/t11-/m0/s1. The Morgan fingerprint density at radius 1 is 1.35 bits per heavy atom. The van der Waals surface area contributed by atoms with Crippen molar-refractivity contribution in [3.63, 3.8) is 0 Å². The molecule has 23 heavy (non-hydrogen) atoms. The van der Waals surface area contributed by atoms with Gasteiger partial charge in [-0.25, -0.2) is 5.43 Å². The van der Waals surface area contributed by atoms with Crippen molar-refractivity contribution in [2.75, 3.05) is 11.4 Å². The van der Waals surface area contributed by atoms with Crippen molar-refractivity contribution in [3.8, 4) is 0 Å². The zero-order valence-corrected chi connectivity index (χ0v) is 13.7. The molecule has 7 heteroatoms. The van der Waals surface area contributed by atoms with Gasteiger partial charge >= 0.3 is 0 Å². The van der Waals surface area contributed by atoms with Gasteiger partial charge in [0, 0.05) is 28.6 Å². The van der Waals surface area contributed by atoms with Crippen molar-refractivity contribution < 1.29 is 9.59 Å². The van der Waals surface area contributed by atoms with Crippen LogP contribution in [0.1, 0.15) is 11.3 Å². The van der Waals surface area contributed by atoms with Gasteiger partial charge in [-0.15, -0.1) is 11.3 Å². The van der Waals surface area contributed by atoms with Gasteiger partial charge in [0.1, 0.15) is 0 Å². The van der Waals surface area contributed by atoms with Crippen LogP contribution < -0.4 is 10.3 Å². The summed E-state index contributed by atoms with van der Waals surface area (Å²) in [5.41, 5.74) is 3.25. The molecule has 0 aliphatic carbocycles. The summed E-state index contributed by atoms with van der Waals surface area (Å²) in [6, 6.07) is 10.8. The van der Waals surface area contributed by atoms with Crippen molar-refractivity contribution in [3.05, 3.63) is 51.7 Å². The molecule has 1 saturated heterocycles. The summed E-state index contributed by atoms with van der Waals surface area (Å²) in [5, 5.41) is 6.47. The van der Waals surface area contributed by atoms with Crippen LogP contribution in [0.2, 0.25) is 5.02 Å². The maximum Gasteiger partial charge on any atom is 0.245 e. The maximum atomic E-state index is 12.1. The molecule has 0 saturated carbocycles. The second-order valence-corrected chi connectivity index (χ2v) is 6.55. The van der Waals surface area contributed by atoms with Gasteiger partial charge in [0.05, 0.1) is 12.1 Å². The van der Waals surface area contributed by atoms with Crippen LogP contribution in [0.25, 0.3) is 0 Å². The first-order chi connectivity index (χ1) is 11.1. The third-order valence-electron chi connectivity index (χ3n) is 3.54. The monoisotopic (exact) mass is 347 g/mol. The number of hydrazone groups is 1. The lowest BCUT2D eigenvalue weighted by molar-refractivity contribution is -0.126. The number of hydrogen-bond acceptors (Lipinski definition) is 4. The number of hydrogen-bond donors (Lipinski definition) is 1. The van der Waals surface area contributed by atoms with E-state index in [2.05, 4.69) is 10.5 Å². The molecule has 3 rings (SSSR count). The molecule has 1 atom stereocenters. The maximum absolute atomic E-state index is 12.1. The van der Waals surface area contributed by atoms with Crippen LogP contribution in [0.5, 0.6) is 0 Å². The Morgan fingerprint density at radius 3 is 2.83 bits per heavy atom. The summed E-state index contributed by atoms with van der Waals surface area (Å²) in [7, 11) is 0. The molecule has 1 aromatic carbocycles. The summed E-state index contributed by atoms with van der Waals surface area (Å²) in [6.07, 6.45) is 1.78. The largest absolute Gasteiger partial charge is 0.312 e. The molecule has 1 aromatic heterocycles. The number of nitrogens with one attached hydrogen (secondary N) is 1. The van der Waals surface area contributed by atoms with E-state index >= 15 is 0 Å². The van der Waals surface area contributed by atoms with Crippen molar-refractivity contribution >= 4 is 46.7 Å². The van der Waals surface area contributed by atoms with Crippen molar-refractivity contribution in [2.45, 2.75) is 6.42 Å². The van der Waals surface area contributed by atoms with Crippen LogP contribution >= 0.6 is 22.9 Å². The Kier molecular flexibility index (Phi) is 4.73. The smallest absolute Gasteiger partial charge is 0.245 e. The quantitative estimate of drug-likeness (QED) is 0.682. The number of halogens is 1. The first-order valence-electron chi connectivity index (χ1n) is 7.06. The highest BCUT2D eigenvalue weighted by atomic mass is 35.5. The fourth-order valence-corrected chi connectivity index (χ4v) is 3.08. The molecule has 0 unspecified atom stereocenters. The predicted octanol–water partition coefficient (Wildman–Crippen LogP) is 2.90. The third-order valence-corrected chi connectivity index (χ3v) is 4.60. The summed E-state index contributed by atoms with van der Waals surface area (Å²) in [6.45, 7) is 0.348. The fourth-order valence-electron chi connectivity index (χ4n) is 2.37. The molecule has 2 aromatic rings. The van der Waals surface area contributed by atoms with Crippen molar-refractivity contribution in [2.24, 2.45) is 11.0 Å². The Morgan fingerprint density at radius 2 is 2.13 bits per heavy atom. The van der Waals surface area contributed by atoms with E-state index in [4.69, 9.17) is 11.6 Å². The molecular formula is C16H14ClN3O2S. The van der Waals surface area contributed by atoms with Gasteiger partial charge in [-0.1, -0.05) is 17.7 Å². The normalized spacial score (nSPS) is 17.9. The molecule has 118 valence electrons. The van der Waals surface area contributed by atoms with Crippen LogP contribution in [0.3, 0.4) is 0 Å². The zero-order chi connectivity index (χ0) is 16.2. The number of carbonyl (C=O) groups is 2. The molecule has 0 radical (unpaired) electrons. The molecule has 1 fully saturated rings.